The summed E-state index contributed by atoms with van der Waals surface area (Å²) in [6.07, 6.45) is 0. The smallest absolute Gasteiger partial charge is 0.203 e. The van der Waals surface area contributed by atoms with Gasteiger partial charge in [-0.3, -0.25) is 0 Å². The lowest BCUT2D eigenvalue weighted by molar-refractivity contribution is 0.254. The van der Waals surface area contributed by atoms with Crippen LogP contribution in [0.5, 0.6) is 5.75 Å². The van der Waals surface area contributed by atoms with Crippen LogP contribution in [0.2, 0.25) is 0 Å². The van der Waals surface area contributed by atoms with Gasteiger partial charge in [-0.2, -0.15) is 8.78 Å². The minimum Gasteiger partial charge on any atom is -0.479 e. The molecule has 0 fully saturated rings. The zero-order valence-electron chi connectivity index (χ0n) is 10.8. The van der Waals surface area contributed by atoms with E-state index in [9.17, 15) is 17.6 Å². The van der Waals surface area contributed by atoms with Crippen LogP contribution in [-0.4, -0.2) is 9.97 Å². The van der Waals surface area contributed by atoms with Gasteiger partial charge >= 0.3 is 0 Å². The highest BCUT2D eigenvalue weighted by atomic mass is 19.2. The Balaban J connectivity index is 2.26. The van der Waals surface area contributed by atoms with Crippen LogP contribution in [0.1, 0.15) is 11.5 Å². The second kappa shape index (κ2) is 5.92. The minimum absolute atomic E-state index is 0.0337. The molecule has 0 bridgehead atoms. The number of halogens is 4. The summed E-state index contributed by atoms with van der Waals surface area (Å²) in [5.74, 6) is -2.06. The van der Waals surface area contributed by atoms with Gasteiger partial charge in [0.2, 0.25) is 11.6 Å². The predicted octanol–water partition coefficient (Wildman–Crippen LogP) is 2.21. The van der Waals surface area contributed by atoms with Crippen LogP contribution in [0.4, 0.5) is 23.4 Å². The summed E-state index contributed by atoms with van der Waals surface area (Å²) < 4.78 is 57.5. The molecule has 1 aromatic heterocycles. The summed E-state index contributed by atoms with van der Waals surface area (Å²) in [7, 11) is 0. The third-order valence-corrected chi connectivity index (χ3v) is 2.47. The molecule has 21 heavy (non-hydrogen) atoms. The summed E-state index contributed by atoms with van der Waals surface area (Å²) in [5, 5.41) is 0. The molecule has 5 nitrogen and oxygen atoms in total. The lowest BCUT2D eigenvalue weighted by atomic mass is 10.3. The number of anilines is 1. The van der Waals surface area contributed by atoms with Gasteiger partial charge in [0.15, 0.2) is 23.2 Å². The quantitative estimate of drug-likeness (QED) is 0.392. The standard InChI is InChI=1S/C12H10F4N4O/c1-5-2-8(20-17)19-9(18-5)4-21-12-10(15)6(13)3-7(14)11(12)16/h2-3H,4,17H2,1H3,(H,18,19,20). The first kappa shape index (κ1) is 15.0. The van der Waals surface area contributed by atoms with E-state index in [0.29, 0.717) is 5.69 Å². The van der Waals surface area contributed by atoms with Gasteiger partial charge in [0.25, 0.3) is 0 Å². The molecule has 112 valence electrons. The van der Waals surface area contributed by atoms with Crippen molar-refractivity contribution in [3.05, 3.63) is 46.9 Å². The van der Waals surface area contributed by atoms with Crippen LogP contribution in [0.25, 0.3) is 0 Å². The Kier molecular flexibility index (Phi) is 4.22. The number of hydrogen-bond acceptors (Lipinski definition) is 5. The topological polar surface area (TPSA) is 73.1 Å². The van der Waals surface area contributed by atoms with Crippen molar-refractivity contribution in [2.75, 3.05) is 5.43 Å². The minimum atomic E-state index is -1.63. The fraction of sp³-hybridized carbons (Fsp3) is 0.167. The molecular weight excluding hydrogens is 292 g/mol. The number of aryl methyl sites for hydroxylation is 1. The first-order valence-corrected chi connectivity index (χ1v) is 5.69. The van der Waals surface area contributed by atoms with Gasteiger partial charge in [-0.05, 0) is 6.92 Å². The predicted molar refractivity (Wildman–Crippen MR) is 65.2 cm³/mol. The van der Waals surface area contributed by atoms with E-state index in [4.69, 9.17) is 10.6 Å². The Hall–Kier alpha value is -2.42. The van der Waals surface area contributed by atoms with Crippen molar-refractivity contribution in [1.29, 1.82) is 0 Å². The van der Waals surface area contributed by atoms with Crippen LogP contribution < -0.4 is 16.0 Å². The van der Waals surface area contributed by atoms with Crippen LogP contribution in [0.15, 0.2) is 12.1 Å². The number of nitrogens with two attached hydrogens (primary N) is 1. The molecule has 0 amide bonds. The molecule has 2 aromatic rings. The SMILES string of the molecule is Cc1cc(NN)nc(COc2c(F)c(F)cc(F)c2F)n1. The van der Waals surface area contributed by atoms with Gasteiger partial charge in [-0.1, -0.05) is 0 Å². The number of nitrogens with zero attached hydrogens (tertiary/aromatic N) is 2. The maximum absolute atomic E-state index is 13.4. The third-order valence-electron chi connectivity index (χ3n) is 2.47. The third kappa shape index (κ3) is 3.19. The Morgan fingerprint density at radius 3 is 2.29 bits per heavy atom. The van der Waals surface area contributed by atoms with Crippen LogP contribution >= 0.6 is 0 Å². The van der Waals surface area contributed by atoms with Gasteiger partial charge in [-0.25, -0.2) is 24.6 Å². The number of hydrazine groups is 1. The molecule has 1 heterocycles. The summed E-state index contributed by atoms with van der Waals surface area (Å²) in [5.41, 5.74) is 2.79. The van der Waals surface area contributed by atoms with Crippen molar-refractivity contribution in [3.8, 4) is 5.75 Å². The average Bonchev–Trinajstić information content (AvgIpc) is 2.44. The zero-order valence-corrected chi connectivity index (χ0v) is 10.8. The van der Waals surface area contributed by atoms with E-state index in [1.54, 1.807) is 6.92 Å². The lowest BCUT2D eigenvalue weighted by Gasteiger charge is -2.10. The van der Waals surface area contributed by atoms with Crippen molar-refractivity contribution in [1.82, 2.24) is 9.97 Å². The lowest BCUT2D eigenvalue weighted by Crippen LogP contribution is -2.12. The first-order chi connectivity index (χ1) is 9.92. The average molecular weight is 302 g/mol. The molecule has 3 N–H and O–H groups in total. The van der Waals surface area contributed by atoms with Crippen molar-refractivity contribution in [2.24, 2.45) is 5.84 Å². The molecule has 0 saturated carbocycles. The van der Waals surface area contributed by atoms with Gasteiger partial charge in [0.1, 0.15) is 12.4 Å². The van der Waals surface area contributed by atoms with Gasteiger partial charge in [-0.15, -0.1) is 0 Å². The molecule has 1 aromatic carbocycles. The maximum atomic E-state index is 13.4. The molecule has 0 atom stereocenters. The van der Waals surface area contributed by atoms with Crippen LogP contribution in [0.3, 0.4) is 0 Å². The number of rotatable bonds is 4. The van der Waals surface area contributed by atoms with Crippen LogP contribution in [-0.2, 0) is 6.61 Å². The fourth-order valence-corrected chi connectivity index (χ4v) is 1.58. The largest absolute Gasteiger partial charge is 0.479 e. The number of benzene rings is 1. The molecule has 0 aliphatic rings. The number of aromatic nitrogens is 2. The van der Waals surface area contributed by atoms with Crippen molar-refractivity contribution in [2.45, 2.75) is 13.5 Å². The fourth-order valence-electron chi connectivity index (χ4n) is 1.58. The van der Waals surface area contributed by atoms with E-state index in [-0.39, 0.29) is 17.7 Å². The Morgan fingerprint density at radius 1 is 1.10 bits per heavy atom. The molecule has 0 radical (unpaired) electrons. The Labute approximate surface area is 116 Å². The summed E-state index contributed by atoms with van der Waals surface area (Å²) >= 11 is 0. The molecule has 0 saturated heterocycles. The number of nitrogens with one attached hydrogen (secondary N) is 1. The van der Waals surface area contributed by atoms with Gasteiger partial charge in [0.05, 0.1) is 0 Å². The number of nitrogen functional groups attached to an aromatic ring is 1. The van der Waals surface area contributed by atoms with Crippen molar-refractivity contribution < 1.29 is 22.3 Å². The highest BCUT2D eigenvalue weighted by molar-refractivity contribution is 5.34. The Bertz CT molecular complexity index is 655. The molecule has 0 unspecified atom stereocenters. The zero-order chi connectivity index (χ0) is 15.6. The first-order valence-electron chi connectivity index (χ1n) is 5.69. The van der Waals surface area contributed by atoms with E-state index in [0.717, 1.165) is 0 Å². The second-order valence-corrected chi connectivity index (χ2v) is 4.04. The van der Waals surface area contributed by atoms with Gasteiger partial charge < -0.3 is 10.2 Å². The van der Waals surface area contributed by atoms with Crippen molar-refractivity contribution >= 4 is 5.82 Å². The molecule has 0 aliphatic heterocycles. The highest BCUT2D eigenvalue weighted by Gasteiger charge is 2.21. The summed E-state index contributed by atoms with van der Waals surface area (Å²) in [6.45, 7) is 1.14. The van der Waals surface area contributed by atoms with Crippen molar-refractivity contribution in [3.63, 3.8) is 0 Å². The molecule has 0 spiro atoms. The monoisotopic (exact) mass is 302 g/mol. The number of ether oxygens (including phenoxy) is 1. The normalized spacial score (nSPS) is 10.6. The number of hydrogen-bond donors (Lipinski definition) is 2. The summed E-state index contributed by atoms with van der Waals surface area (Å²) in [6, 6.07) is 1.61. The molecule has 2 rings (SSSR count). The second-order valence-electron chi connectivity index (χ2n) is 4.04. The molecular formula is C12H10F4N4O. The van der Waals surface area contributed by atoms with E-state index in [1.165, 1.54) is 6.07 Å². The van der Waals surface area contributed by atoms with E-state index in [2.05, 4.69) is 15.4 Å². The van der Waals surface area contributed by atoms with Gasteiger partial charge in [0, 0.05) is 17.8 Å². The molecule has 0 aliphatic carbocycles. The highest BCUT2D eigenvalue weighted by Crippen LogP contribution is 2.27. The summed E-state index contributed by atoms with van der Waals surface area (Å²) in [4.78, 5) is 7.80. The maximum Gasteiger partial charge on any atom is 0.203 e. The Morgan fingerprint density at radius 2 is 1.71 bits per heavy atom. The van der Waals surface area contributed by atoms with E-state index in [1.807, 2.05) is 0 Å². The van der Waals surface area contributed by atoms with E-state index >= 15 is 0 Å². The molecule has 9 heteroatoms. The van der Waals surface area contributed by atoms with Crippen LogP contribution in [0, 0.1) is 30.2 Å². The van der Waals surface area contributed by atoms with E-state index < -0.39 is 35.6 Å².